The molecule has 1 fully saturated rings. The number of carboxylic acid groups (broad SMARTS) is 1. The molecule has 1 aromatic carbocycles. The largest absolute Gasteiger partial charge is 0.495 e. The zero-order chi connectivity index (χ0) is 24.3. The third kappa shape index (κ3) is 7.63. The summed E-state index contributed by atoms with van der Waals surface area (Å²) in [6, 6.07) is 7.19. The summed E-state index contributed by atoms with van der Waals surface area (Å²) in [5.74, 6) is 0.830. The van der Waals surface area contributed by atoms with Crippen LogP contribution in [0.2, 0.25) is 5.02 Å². The van der Waals surface area contributed by atoms with Crippen molar-refractivity contribution in [3.05, 3.63) is 41.2 Å². The molecule has 0 aliphatic carbocycles. The Hall–Kier alpha value is -3.31. The molecule has 2 aromatic rings. The Morgan fingerprint density at radius 1 is 1.12 bits per heavy atom. The summed E-state index contributed by atoms with van der Waals surface area (Å²) in [6.07, 6.45) is 1.29. The Balaban J connectivity index is 1.37. The Morgan fingerprint density at radius 2 is 1.88 bits per heavy atom. The molecule has 1 saturated heterocycles. The number of amides is 2. The summed E-state index contributed by atoms with van der Waals surface area (Å²) in [7, 11) is 1.67. The number of halogens is 1. The molecule has 0 saturated carbocycles. The van der Waals surface area contributed by atoms with Crippen LogP contribution in [0.5, 0.6) is 5.75 Å². The maximum absolute atomic E-state index is 12.1. The van der Waals surface area contributed by atoms with Crippen molar-refractivity contribution in [2.75, 3.05) is 69.7 Å². The molecule has 3 rings (SSSR count). The summed E-state index contributed by atoms with van der Waals surface area (Å²) in [6.45, 7) is 5.59. The van der Waals surface area contributed by atoms with Crippen LogP contribution in [0.1, 0.15) is 16.9 Å². The molecule has 184 valence electrons. The molecule has 1 aromatic heterocycles. The average molecular weight is 492 g/mol. The second kappa shape index (κ2) is 12.8. The van der Waals surface area contributed by atoms with Crippen LogP contribution in [0.25, 0.3) is 0 Å². The van der Waals surface area contributed by atoms with Crippen molar-refractivity contribution in [3.8, 4) is 5.75 Å². The summed E-state index contributed by atoms with van der Waals surface area (Å²) >= 11 is 6.17. The highest BCUT2D eigenvalue weighted by molar-refractivity contribution is 6.30. The van der Waals surface area contributed by atoms with Gasteiger partial charge in [-0.3, -0.25) is 9.69 Å². The molecule has 0 bridgehead atoms. The number of methoxy groups -OCH3 is 1. The second-order valence-electron chi connectivity index (χ2n) is 7.68. The summed E-state index contributed by atoms with van der Waals surface area (Å²) < 4.78 is 5.47. The molecule has 2 heterocycles. The van der Waals surface area contributed by atoms with E-state index in [4.69, 9.17) is 21.4 Å². The topological polar surface area (TPSA) is 132 Å². The number of anilines is 2. The van der Waals surface area contributed by atoms with Crippen LogP contribution in [-0.2, 0) is 0 Å². The molecule has 34 heavy (non-hydrogen) atoms. The van der Waals surface area contributed by atoms with Crippen LogP contribution in [0, 0.1) is 0 Å². The van der Waals surface area contributed by atoms with Crippen LogP contribution >= 0.6 is 11.6 Å². The van der Waals surface area contributed by atoms with E-state index in [1.807, 2.05) is 18.2 Å². The number of ether oxygens (including phenoxy) is 1. The SMILES string of the molecule is COc1ccc(Cl)cc1N1CCN(CCCNc2nccc(C(=O)NCCNC(=O)O)n2)CC1. The Labute approximate surface area is 203 Å². The van der Waals surface area contributed by atoms with E-state index in [0.717, 1.165) is 50.6 Å². The van der Waals surface area contributed by atoms with Gasteiger partial charge in [-0.2, -0.15) is 0 Å². The molecule has 0 unspecified atom stereocenters. The fraction of sp³-hybridized carbons (Fsp3) is 0.455. The molecule has 2 amide bonds. The molecule has 1 aliphatic heterocycles. The van der Waals surface area contributed by atoms with E-state index < -0.39 is 6.09 Å². The molecule has 11 nitrogen and oxygen atoms in total. The van der Waals surface area contributed by atoms with Gasteiger partial charge in [-0.1, -0.05) is 11.6 Å². The molecule has 0 radical (unpaired) electrons. The summed E-state index contributed by atoms with van der Waals surface area (Å²) in [5, 5.41) is 17.2. The highest BCUT2D eigenvalue weighted by atomic mass is 35.5. The summed E-state index contributed by atoms with van der Waals surface area (Å²) in [4.78, 5) is 35.6. The van der Waals surface area contributed by atoms with E-state index in [1.54, 1.807) is 7.11 Å². The number of aromatic nitrogens is 2. The first-order valence-corrected chi connectivity index (χ1v) is 11.5. The van der Waals surface area contributed by atoms with E-state index in [-0.39, 0.29) is 24.7 Å². The van der Waals surface area contributed by atoms with Gasteiger partial charge in [0.25, 0.3) is 5.91 Å². The van der Waals surface area contributed by atoms with Crippen molar-refractivity contribution in [3.63, 3.8) is 0 Å². The van der Waals surface area contributed by atoms with Gasteiger partial charge in [-0.05, 0) is 37.2 Å². The minimum Gasteiger partial charge on any atom is -0.495 e. The van der Waals surface area contributed by atoms with E-state index >= 15 is 0 Å². The number of benzene rings is 1. The highest BCUT2D eigenvalue weighted by Crippen LogP contribution is 2.31. The van der Waals surface area contributed by atoms with E-state index in [0.29, 0.717) is 17.5 Å². The van der Waals surface area contributed by atoms with Crippen LogP contribution < -0.4 is 25.6 Å². The minimum atomic E-state index is -1.13. The lowest BCUT2D eigenvalue weighted by molar-refractivity contribution is 0.0948. The average Bonchev–Trinajstić information content (AvgIpc) is 2.85. The number of nitrogens with zero attached hydrogens (tertiary/aromatic N) is 4. The number of carbonyl (C=O) groups excluding carboxylic acids is 1. The number of rotatable bonds is 11. The van der Waals surface area contributed by atoms with Gasteiger partial charge in [0.15, 0.2) is 0 Å². The number of nitrogens with one attached hydrogen (secondary N) is 3. The van der Waals surface area contributed by atoms with Crippen LogP contribution in [0.15, 0.2) is 30.5 Å². The van der Waals surface area contributed by atoms with E-state index in [9.17, 15) is 9.59 Å². The standard InChI is InChI=1S/C22H30ClN7O4/c1-34-19-4-3-16(23)15-18(19)30-13-11-29(12-14-30)10-2-6-25-21-26-7-5-17(28-21)20(31)24-8-9-27-22(32)33/h3-5,7,15,27H,2,6,8-14H2,1H3,(H,24,31)(H,32,33)(H,25,26,28). The maximum Gasteiger partial charge on any atom is 0.404 e. The van der Waals surface area contributed by atoms with Gasteiger partial charge in [-0.15, -0.1) is 0 Å². The molecule has 12 heteroatoms. The number of piperazine rings is 1. The lowest BCUT2D eigenvalue weighted by atomic mass is 10.2. The molecule has 1 aliphatic rings. The van der Waals surface area contributed by atoms with Crippen molar-refractivity contribution < 1.29 is 19.4 Å². The van der Waals surface area contributed by atoms with Crippen LogP contribution in [0.4, 0.5) is 16.4 Å². The van der Waals surface area contributed by atoms with Gasteiger partial charge in [0.05, 0.1) is 12.8 Å². The van der Waals surface area contributed by atoms with Crippen molar-refractivity contribution in [2.45, 2.75) is 6.42 Å². The second-order valence-corrected chi connectivity index (χ2v) is 8.11. The number of hydrogen-bond acceptors (Lipinski definition) is 8. The quantitative estimate of drug-likeness (QED) is 0.347. The zero-order valence-electron chi connectivity index (χ0n) is 19.1. The van der Waals surface area contributed by atoms with Crippen LogP contribution in [-0.4, -0.2) is 91.4 Å². The molecular formula is C22H30ClN7O4. The lowest BCUT2D eigenvalue weighted by Gasteiger charge is -2.36. The van der Waals surface area contributed by atoms with Gasteiger partial charge < -0.3 is 30.7 Å². The molecular weight excluding hydrogens is 462 g/mol. The van der Waals surface area contributed by atoms with Crippen molar-refractivity contribution in [2.24, 2.45) is 0 Å². The first-order valence-electron chi connectivity index (χ1n) is 11.1. The molecule has 4 N–H and O–H groups in total. The Bertz CT molecular complexity index is 970. The predicted molar refractivity (Wildman–Crippen MR) is 130 cm³/mol. The molecule has 0 atom stereocenters. The number of hydrogen-bond donors (Lipinski definition) is 4. The molecule has 0 spiro atoms. The third-order valence-corrected chi connectivity index (χ3v) is 5.60. The van der Waals surface area contributed by atoms with Gasteiger partial charge in [0.1, 0.15) is 11.4 Å². The fourth-order valence-electron chi connectivity index (χ4n) is 3.63. The first kappa shape index (κ1) is 25.3. The smallest absolute Gasteiger partial charge is 0.404 e. The maximum atomic E-state index is 12.1. The highest BCUT2D eigenvalue weighted by Gasteiger charge is 2.19. The zero-order valence-corrected chi connectivity index (χ0v) is 19.8. The van der Waals surface area contributed by atoms with Gasteiger partial charge in [-0.25, -0.2) is 14.8 Å². The monoisotopic (exact) mass is 491 g/mol. The van der Waals surface area contributed by atoms with E-state index in [2.05, 4.69) is 35.7 Å². The predicted octanol–water partition coefficient (Wildman–Crippen LogP) is 1.76. The first-order chi connectivity index (χ1) is 16.5. The van der Waals surface area contributed by atoms with Gasteiger partial charge >= 0.3 is 6.09 Å². The van der Waals surface area contributed by atoms with Crippen molar-refractivity contribution in [1.82, 2.24) is 25.5 Å². The van der Waals surface area contributed by atoms with E-state index in [1.165, 1.54) is 12.3 Å². The minimum absolute atomic E-state index is 0.123. The fourth-order valence-corrected chi connectivity index (χ4v) is 3.80. The van der Waals surface area contributed by atoms with Crippen LogP contribution in [0.3, 0.4) is 0 Å². The van der Waals surface area contributed by atoms with Crippen molar-refractivity contribution in [1.29, 1.82) is 0 Å². The van der Waals surface area contributed by atoms with Crippen molar-refractivity contribution >= 4 is 35.2 Å². The van der Waals surface area contributed by atoms with Gasteiger partial charge in [0, 0.05) is 57.0 Å². The lowest BCUT2D eigenvalue weighted by Crippen LogP contribution is -2.47. The normalized spacial score (nSPS) is 13.9. The third-order valence-electron chi connectivity index (χ3n) is 5.36. The Morgan fingerprint density at radius 3 is 2.62 bits per heavy atom. The van der Waals surface area contributed by atoms with Gasteiger partial charge in [0.2, 0.25) is 5.95 Å². The number of carbonyl (C=O) groups is 2. The Kier molecular flexibility index (Phi) is 9.53. The summed E-state index contributed by atoms with van der Waals surface area (Å²) in [5.41, 5.74) is 1.25.